The van der Waals surface area contributed by atoms with E-state index in [1.165, 1.54) is 31.2 Å². The van der Waals surface area contributed by atoms with Crippen LogP contribution < -0.4 is 0 Å². The fourth-order valence-corrected chi connectivity index (χ4v) is 1.16. The highest BCUT2D eigenvalue weighted by Crippen LogP contribution is 2.22. The summed E-state index contributed by atoms with van der Waals surface area (Å²) in [5, 5.41) is 9.88. The maximum atomic E-state index is 12.6. The molecule has 0 aliphatic rings. The Balaban J connectivity index is 2.94. The van der Waals surface area contributed by atoms with Gasteiger partial charge in [0.05, 0.1) is 6.61 Å². The number of aliphatic hydroxyl groups is 1. The van der Waals surface area contributed by atoms with E-state index in [1.807, 2.05) is 0 Å². The van der Waals surface area contributed by atoms with Crippen molar-refractivity contribution >= 4 is 5.97 Å². The molecule has 0 saturated heterocycles. The normalized spacial score (nSPS) is 14.4. The second-order valence-corrected chi connectivity index (χ2v) is 3.30. The number of rotatable bonds is 3. The predicted octanol–water partition coefficient (Wildman–Crippen LogP) is 1.60. The number of carbonyl (C=O) groups is 1. The molecule has 0 aliphatic carbocycles. The van der Waals surface area contributed by atoms with Crippen molar-refractivity contribution in [3.8, 4) is 0 Å². The lowest BCUT2D eigenvalue weighted by Gasteiger charge is -2.21. The summed E-state index contributed by atoms with van der Waals surface area (Å²) in [6.07, 6.45) is 0. The molecule has 0 aromatic heterocycles. The Hall–Kier alpha value is -1.42. The van der Waals surface area contributed by atoms with Crippen molar-refractivity contribution < 1.29 is 19.0 Å². The van der Waals surface area contributed by atoms with Gasteiger partial charge in [0.2, 0.25) is 0 Å². The summed E-state index contributed by atoms with van der Waals surface area (Å²) >= 11 is 0. The van der Waals surface area contributed by atoms with E-state index >= 15 is 0 Å². The first kappa shape index (κ1) is 11.7. The van der Waals surface area contributed by atoms with Crippen LogP contribution in [0.25, 0.3) is 0 Å². The zero-order chi connectivity index (χ0) is 11.5. The molecule has 3 nitrogen and oxygen atoms in total. The molecule has 0 spiro atoms. The average molecular weight is 212 g/mol. The quantitative estimate of drug-likeness (QED) is 0.774. The topological polar surface area (TPSA) is 46.5 Å². The summed E-state index contributed by atoms with van der Waals surface area (Å²) < 4.78 is 17.3. The first-order valence-electron chi connectivity index (χ1n) is 4.64. The van der Waals surface area contributed by atoms with E-state index in [0.29, 0.717) is 5.56 Å². The van der Waals surface area contributed by atoms with Gasteiger partial charge in [-0.25, -0.2) is 9.18 Å². The number of hydrogen-bond acceptors (Lipinski definition) is 3. The zero-order valence-corrected chi connectivity index (χ0v) is 8.66. The standard InChI is InChI=1S/C11H13FO3/c1-3-15-10(13)11(2,14)8-4-6-9(12)7-5-8/h4-7,14H,3H2,1-2H3. The van der Waals surface area contributed by atoms with Crippen LogP contribution in [0.2, 0.25) is 0 Å². The minimum Gasteiger partial charge on any atom is -0.464 e. The van der Waals surface area contributed by atoms with Gasteiger partial charge in [0.15, 0.2) is 5.60 Å². The van der Waals surface area contributed by atoms with E-state index in [0.717, 1.165) is 0 Å². The molecule has 1 atom stereocenters. The molecule has 0 fully saturated rings. The van der Waals surface area contributed by atoms with Crippen molar-refractivity contribution in [1.82, 2.24) is 0 Å². The Morgan fingerprint density at radius 1 is 1.47 bits per heavy atom. The van der Waals surface area contributed by atoms with Crippen LogP contribution in [0, 0.1) is 5.82 Å². The van der Waals surface area contributed by atoms with E-state index in [2.05, 4.69) is 0 Å². The maximum Gasteiger partial charge on any atom is 0.342 e. The van der Waals surface area contributed by atoms with Crippen LogP contribution in [0.5, 0.6) is 0 Å². The van der Waals surface area contributed by atoms with Gasteiger partial charge in [-0.1, -0.05) is 12.1 Å². The molecule has 1 rings (SSSR count). The first-order chi connectivity index (χ1) is 6.98. The molecule has 4 heteroatoms. The molecule has 1 N–H and O–H groups in total. The predicted molar refractivity (Wildman–Crippen MR) is 52.6 cm³/mol. The molecule has 1 aromatic rings. The fraction of sp³-hybridized carbons (Fsp3) is 0.364. The van der Waals surface area contributed by atoms with E-state index in [9.17, 15) is 14.3 Å². The number of esters is 1. The Bertz CT molecular complexity index is 343. The largest absolute Gasteiger partial charge is 0.464 e. The lowest BCUT2D eigenvalue weighted by molar-refractivity contribution is -0.164. The van der Waals surface area contributed by atoms with Crippen LogP contribution in [0.1, 0.15) is 19.4 Å². The minimum atomic E-state index is -1.73. The number of benzene rings is 1. The van der Waals surface area contributed by atoms with E-state index in [4.69, 9.17) is 4.74 Å². The highest BCUT2D eigenvalue weighted by Gasteiger charge is 2.33. The van der Waals surface area contributed by atoms with Gasteiger partial charge in [-0.2, -0.15) is 0 Å². The third-order valence-corrected chi connectivity index (χ3v) is 2.08. The van der Waals surface area contributed by atoms with Gasteiger partial charge in [-0.3, -0.25) is 0 Å². The van der Waals surface area contributed by atoms with Crippen molar-refractivity contribution in [2.45, 2.75) is 19.4 Å². The average Bonchev–Trinajstić information content (AvgIpc) is 2.18. The Kier molecular flexibility index (Phi) is 3.42. The van der Waals surface area contributed by atoms with Gasteiger partial charge < -0.3 is 9.84 Å². The summed E-state index contributed by atoms with van der Waals surface area (Å²) in [5.74, 6) is -1.16. The molecular weight excluding hydrogens is 199 g/mol. The van der Waals surface area contributed by atoms with E-state index < -0.39 is 17.4 Å². The molecule has 0 radical (unpaired) electrons. The monoisotopic (exact) mass is 212 g/mol. The lowest BCUT2D eigenvalue weighted by Crippen LogP contribution is -2.34. The van der Waals surface area contributed by atoms with Gasteiger partial charge in [0.25, 0.3) is 0 Å². The summed E-state index contributed by atoms with van der Waals surface area (Å²) in [7, 11) is 0. The van der Waals surface area contributed by atoms with Crippen LogP contribution in [-0.2, 0) is 15.1 Å². The summed E-state index contributed by atoms with van der Waals surface area (Å²) in [6, 6.07) is 5.07. The molecule has 1 unspecified atom stereocenters. The lowest BCUT2D eigenvalue weighted by atomic mass is 9.96. The van der Waals surface area contributed by atoms with Crippen LogP contribution in [0.15, 0.2) is 24.3 Å². The fourth-order valence-electron chi connectivity index (χ4n) is 1.16. The summed E-state index contributed by atoms with van der Waals surface area (Å²) in [6.45, 7) is 3.16. The second kappa shape index (κ2) is 4.40. The summed E-state index contributed by atoms with van der Waals surface area (Å²) in [5.41, 5.74) is -1.42. The van der Waals surface area contributed by atoms with Crippen molar-refractivity contribution in [1.29, 1.82) is 0 Å². The van der Waals surface area contributed by atoms with Gasteiger partial charge in [0.1, 0.15) is 5.82 Å². The van der Waals surface area contributed by atoms with Gasteiger partial charge in [-0.05, 0) is 31.5 Å². The molecule has 0 aliphatic heterocycles. The SMILES string of the molecule is CCOC(=O)C(C)(O)c1ccc(F)cc1. The minimum absolute atomic E-state index is 0.191. The van der Waals surface area contributed by atoms with Crippen LogP contribution in [-0.4, -0.2) is 17.7 Å². The molecule has 15 heavy (non-hydrogen) atoms. The smallest absolute Gasteiger partial charge is 0.342 e. The third-order valence-electron chi connectivity index (χ3n) is 2.08. The van der Waals surface area contributed by atoms with Crippen LogP contribution in [0.3, 0.4) is 0 Å². The molecule has 0 heterocycles. The molecule has 1 aromatic carbocycles. The second-order valence-electron chi connectivity index (χ2n) is 3.30. The van der Waals surface area contributed by atoms with Crippen molar-refractivity contribution in [2.75, 3.05) is 6.61 Å². The zero-order valence-electron chi connectivity index (χ0n) is 8.66. The van der Waals surface area contributed by atoms with Crippen LogP contribution >= 0.6 is 0 Å². The molecule has 0 saturated carbocycles. The van der Waals surface area contributed by atoms with E-state index in [-0.39, 0.29) is 6.61 Å². The van der Waals surface area contributed by atoms with Crippen molar-refractivity contribution in [2.24, 2.45) is 0 Å². The van der Waals surface area contributed by atoms with Gasteiger partial charge in [0, 0.05) is 0 Å². The molecular formula is C11H13FO3. The number of ether oxygens (including phenoxy) is 1. The number of hydrogen-bond donors (Lipinski definition) is 1. The van der Waals surface area contributed by atoms with Crippen LogP contribution in [0.4, 0.5) is 4.39 Å². The van der Waals surface area contributed by atoms with Crippen molar-refractivity contribution in [3.05, 3.63) is 35.6 Å². The van der Waals surface area contributed by atoms with E-state index in [1.54, 1.807) is 6.92 Å². The summed E-state index contributed by atoms with van der Waals surface area (Å²) in [4.78, 5) is 11.4. The highest BCUT2D eigenvalue weighted by atomic mass is 19.1. The Morgan fingerprint density at radius 3 is 2.47 bits per heavy atom. The van der Waals surface area contributed by atoms with Crippen molar-refractivity contribution in [3.63, 3.8) is 0 Å². The third kappa shape index (κ3) is 2.53. The molecule has 0 bridgehead atoms. The maximum absolute atomic E-state index is 12.6. The first-order valence-corrected chi connectivity index (χ1v) is 4.64. The Labute approximate surface area is 87.5 Å². The number of halogens is 1. The van der Waals surface area contributed by atoms with Gasteiger partial charge >= 0.3 is 5.97 Å². The van der Waals surface area contributed by atoms with Gasteiger partial charge in [-0.15, -0.1) is 0 Å². The Morgan fingerprint density at radius 2 is 2.00 bits per heavy atom. The molecule has 82 valence electrons. The molecule has 0 amide bonds. The highest BCUT2D eigenvalue weighted by molar-refractivity contribution is 5.80. The number of carbonyl (C=O) groups excluding carboxylic acids is 1.